The summed E-state index contributed by atoms with van der Waals surface area (Å²) in [5.41, 5.74) is 0.891. The highest BCUT2D eigenvalue weighted by Crippen LogP contribution is 2.36. The Bertz CT molecular complexity index is 372. The van der Waals surface area contributed by atoms with Crippen molar-refractivity contribution in [1.82, 2.24) is 0 Å². The van der Waals surface area contributed by atoms with Crippen LogP contribution in [-0.4, -0.2) is 6.04 Å². The lowest BCUT2D eigenvalue weighted by atomic mass is 9.78. The molecule has 0 amide bonds. The molecule has 94 valence electrons. The highest BCUT2D eigenvalue weighted by molar-refractivity contribution is 6.39. The fourth-order valence-electron chi connectivity index (χ4n) is 2.61. The zero-order valence-corrected chi connectivity index (χ0v) is 11.9. The van der Waals surface area contributed by atoms with Crippen molar-refractivity contribution in [2.45, 2.75) is 39.2 Å². The Morgan fingerprint density at radius 3 is 2.41 bits per heavy atom. The molecule has 1 aliphatic rings. The van der Waals surface area contributed by atoms with Gasteiger partial charge in [0.2, 0.25) is 0 Å². The number of hydrogen-bond acceptors (Lipinski definition) is 1. The predicted octanol–water partition coefficient (Wildman–Crippen LogP) is 5.23. The third kappa shape index (κ3) is 2.89. The number of nitrogens with one attached hydrogen (secondary N) is 1. The van der Waals surface area contributed by atoms with Crippen LogP contribution in [0.4, 0.5) is 5.69 Å². The lowest BCUT2D eigenvalue weighted by Gasteiger charge is -2.35. The molecule has 1 saturated carbocycles. The highest BCUT2D eigenvalue weighted by atomic mass is 35.5. The summed E-state index contributed by atoms with van der Waals surface area (Å²) in [6.07, 6.45) is 3.81. The van der Waals surface area contributed by atoms with Crippen LogP contribution in [0.3, 0.4) is 0 Å². The van der Waals surface area contributed by atoms with Gasteiger partial charge < -0.3 is 5.32 Å². The zero-order valence-electron chi connectivity index (χ0n) is 10.3. The van der Waals surface area contributed by atoms with Gasteiger partial charge in [0, 0.05) is 6.04 Å². The van der Waals surface area contributed by atoms with E-state index in [9.17, 15) is 0 Å². The minimum atomic E-state index is 0.483. The van der Waals surface area contributed by atoms with E-state index in [4.69, 9.17) is 23.2 Å². The zero-order chi connectivity index (χ0) is 12.4. The molecule has 0 saturated heterocycles. The third-order valence-electron chi connectivity index (χ3n) is 4.00. The SMILES string of the molecule is CC1CCCC(Nc2c(Cl)cccc2Cl)C1C. The van der Waals surface area contributed by atoms with Gasteiger partial charge in [0.25, 0.3) is 0 Å². The maximum atomic E-state index is 6.19. The summed E-state index contributed by atoms with van der Waals surface area (Å²) in [6.45, 7) is 4.64. The van der Waals surface area contributed by atoms with E-state index in [-0.39, 0.29) is 0 Å². The molecule has 1 fully saturated rings. The van der Waals surface area contributed by atoms with E-state index in [0.29, 0.717) is 22.0 Å². The Labute approximate surface area is 114 Å². The minimum absolute atomic E-state index is 0.483. The van der Waals surface area contributed by atoms with Crippen molar-refractivity contribution in [3.8, 4) is 0 Å². The van der Waals surface area contributed by atoms with E-state index in [1.54, 1.807) is 0 Å². The predicted molar refractivity (Wildman–Crippen MR) is 76.1 cm³/mol. The maximum Gasteiger partial charge on any atom is 0.0721 e. The van der Waals surface area contributed by atoms with Crippen molar-refractivity contribution in [3.05, 3.63) is 28.2 Å². The first-order valence-electron chi connectivity index (χ1n) is 6.30. The fourth-order valence-corrected chi connectivity index (χ4v) is 3.11. The number of anilines is 1. The monoisotopic (exact) mass is 271 g/mol. The fraction of sp³-hybridized carbons (Fsp3) is 0.571. The number of halogens is 2. The molecule has 0 heterocycles. The maximum absolute atomic E-state index is 6.19. The molecule has 0 spiro atoms. The van der Waals surface area contributed by atoms with Gasteiger partial charge in [0.1, 0.15) is 0 Å². The van der Waals surface area contributed by atoms with Crippen molar-refractivity contribution < 1.29 is 0 Å². The molecule has 0 bridgehead atoms. The standard InChI is InChI=1S/C14H19Cl2N/c1-9-5-3-8-13(10(9)2)17-14-11(15)6-4-7-12(14)16/h4,6-7,9-10,13,17H,3,5,8H2,1-2H3. The van der Waals surface area contributed by atoms with Gasteiger partial charge in [-0.2, -0.15) is 0 Å². The second kappa shape index (κ2) is 5.49. The van der Waals surface area contributed by atoms with Gasteiger partial charge in [0.05, 0.1) is 15.7 Å². The van der Waals surface area contributed by atoms with Crippen LogP contribution in [0.15, 0.2) is 18.2 Å². The largest absolute Gasteiger partial charge is 0.380 e. The van der Waals surface area contributed by atoms with E-state index in [0.717, 1.165) is 11.6 Å². The van der Waals surface area contributed by atoms with Crippen molar-refractivity contribution in [2.24, 2.45) is 11.8 Å². The van der Waals surface area contributed by atoms with Gasteiger partial charge in [-0.15, -0.1) is 0 Å². The second-order valence-electron chi connectivity index (χ2n) is 5.11. The van der Waals surface area contributed by atoms with Gasteiger partial charge >= 0.3 is 0 Å². The van der Waals surface area contributed by atoms with Crippen LogP contribution in [0.5, 0.6) is 0 Å². The molecule has 1 aromatic rings. The molecule has 0 radical (unpaired) electrons. The minimum Gasteiger partial charge on any atom is -0.380 e. The first-order chi connectivity index (χ1) is 8.09. The van der Waals surface area contributed by atoms with Gasteiger partial charge in [-0.25, -0.2) is 0 Å². The molecule has 3 unspecified atom stereocenters. The Kier molecular flexibility index (Phi) is 4.22. The number of para-hydroxylation sites is 1. The summed E-state index contributed by atoms with van der Waals surface area (Å²) in [5, 5.41) is 4.96. The molecule has 2 rings (SSSR count). The second-order valence-corrected chi connectivity index (χ2v) is 5.93. The molecular weight excluding hydrogens is 253 g/mol. The molecule has 0 aromatic heterocycles. The Morgan fingerprint density at radius 2 is 1.76 bits per heavy atom. The summed E-state index contributed by atoms with van der Waals surface area (Å²) in [5.74, 6) is 1.43. The third-order valence-corrected chi connectivity index (χ3v) is 4.63. The summed E-state index contributed by atoms with van der Waals surface area (Å²) in [7, 11) is 0. The molecule has 3 heteroatoms. The Balaban J connectivity index is 2.15. The first kappa shape index (κ1) is 13.0. The van der Waals surface area contributed by atoms with Crippen LogP contribution >= 0.6 is 23.2 Å². The molecule has 17 heavy (non-hydrogen) atoms. The molecule has 1 nitrogen and oxygen atoms in total. The summed E-state index contributed by atoms with van der Waals surface area (Å²) < 4.78 is 0. The summed E-state index contributed by atoms with van der Waals surface area (Å²) in [6, 6.07) is 6.12. The van der Waals surface area contributed by atoms with E-state index in [1.807, 2.05) is 18.2 Å². The van der Waals surface area contributed by atoms with E-state index in [2.05, 4.69) is 19.2 Å². The van der Waals surface area contributed by atoms with Crippen LogP contribution in [-0.2, 0) is 0 Å². The van der Waals surface area contributed by atoms with Crippen molar-refractivity contribution in [2.75, 3.05) is 5.32 Å². The van der Waals surface area contributed by atoms with Gasteiger partial charge in [-0.3, -0.25) is 0 Å². The lowest BCUT2D eigenvalue weighted by molar-refractivity contribution is 0.253. The normalized spacial score (nSPS) is 29.1. The average molecular weight is 272 g/mol. The molecule has 0 aliphatic heterocycles. The van der Waals surface area contributed by atoms with Crippen molar-refractivity contribution in [3.63, 3.8) is 0 Å². The topological polar surface area (TPSA) is 12.0 Å². The van der Waals surface area contributed by atoms with Gasteiger partial charge in [0.15, 0.2) is 0 Å². The molecule has 1 N–H and O–H groups in total. The smallest absolute Gasteiger partial charge is 0.0721 e. The van der Waals surface area contributed by atoms with E-state index in [1.165, 1.54) is 19.3 Å². The molecule has 1 aromatic carbocycles. The average Bonchev–Trinajstić information content (AvgIpc) is 2.29. The van der Waals surface area contributed by atoms with Crippen LogP contribution in [0.1, 0.15) is 33.1 Å². The van der Waals surface area contributed by atoms with Crippen LogP contribution in [0.25, 0.3) is 0 Å². The number of benzene rings is 1. The van der Waals surface area contributed by atoms with Crippen LogP contribution in [0.2, 0.25) is 10.0 Å². The highest BCUT2D eigenvalue weighted by Gasteiger charge is 2.27. The van der Waals surface area contributed by atoms with Crippen LogP contribution < -0.4 is 5.32 Å². The lowest BCUT2D eigenvalue weighted by Crippen LogP contribution is -2.35. The summed E-state index contributed by atoms with van der Waals surface area (Å²) >= 11 is 12.4. The van der Waals surface area contributed by atoms with Crippen molar-refractivity contribution >= 4 is 28.9 Å². The number of rotatable bonds is 2. The van der Waals surface area contributed by atoms with Gasteiger partial charge in [-0.1, -0.05) is 56.0 Å². The summed E-state index contributed by atoms with van der Waals surface area (Å²) in [4.78, 5) is 0. The van der Waals surface area contributed by atoms with E-state index >= 15 is 0 Å². The van der Waals surface area contributed by atoms with Crippen molar-refractivity contribution in [1.29, 1.82) is 0 Å². The Hall–Kier alpha value is -0.400. The number of hydrogen-bond donors (Lipinski definition) is 1. The van der Waals surface area contributed by atoms with Crippen LogP contribution in [0, 0.1) is 11.8 Å². The first-order valence-corrected chi connectivity index (χ1v) is 7.05. The molecule has 1 aliphatic carbocycles. The van der Waals surface area contributed by atoms with Gasteiger partial charge in [-0.05, 0) is 30.4 Å². The molecular formula is C14H19Cl2N. The quantitative estimate of drug-likeness (QED) is 0.777. The van der Waals surface area contributed by atoms with E-state index < -0.39 is 0 Å². The Morgan fingerprint density at radius 1 is 1.12 bits per heavy atom. The molecule has 3 atom stereocenters.